The summed E-state index contributed by atoms with van der Waals surface area (Å²) in [5.74, 6) is -2.31. The highest BCUT2D eigenvalue weighted by molar-refractivity contribution is 5.97. The Bertz CT molecular complexity index is 448. The van der Waals surface area contributed by atoms with Crippen molar-refractivity contribution >= 4 is 11.9 Å². The number of carbonyl (C=O) groups is 2. The molecule has 0 radical (unpaired) electrons. The molecule has 0 heterocycles. The fraction of sp³-hybridized carbons (Fsp3) is 0.333. The molecule has 98 valence electrons. The van der Waals surface area contributed by atoms with E-state index in [9.17, 15) is 14.0 Å². The van der Waals surface area contributed by atoms with E-state index in [1.54, 1.807) is 6.92 Å². The highest BCUT2D eigenvalue weighted by atomic mass is 19.1. The third-order valence-corrected chi connectivity index (χ3v) is 2.12. The molecule has 0 saturated heterocycles. The maximum Gasteiger partial charge on any atom is 0.305 e. The van der Waals surface area contributed by atoms with Crippen LogP contribution in [-0.4, -0.2) is 30.1 Å². The van der Waals surface area contributed by atoms with Gasteiger partial charge in [0.15, 0.2) is 11.6 Å². The maximum atomic E-state index is 13.4. The van der Waals surface area contributed by atoms with E-state index in [0.717, 1.165) is 0 Å². The molecule has 0 spiro atoms. The van der Waals surface area contributed by atoms with E-state index in [1.807, 2.05) is 0 Å². The molecule has 0 atom stereocenters. The quantitative estimate of drug-likeness (QED) is 0.806. The van der Waals surface area contributed by atoms with Crippen LogP contribution in [0.3, 0.4) is 0 Å². The van der Waals surface area contributed by atoms with Crippen molar-refractivity contribution in [2.45, 2.75) is 13.3 Å². The minimum atomic E-state index is -1.01. The fourth-order valence-corrected chi connectivity index (χ4v) is 1.36. The first kappa shape index (κ1) is 14.0. The van der Waals surface area contributed by atoms with Gasteiger partial charge in [-0.2, -0.15) is 0 Å². The first-order valence-corrected chi connectivity index (χ1v) is 5.47. The van der Waals surface area contributed by atoms with Crippen molar-refractivity contribution < 1.29 is 23.8 Å². The number of aliphatic carboxylic acids is 1. The van der Waals surface area contributed by atoms with Crippen LogP contribution < -0.4 is 10.1 Å². The summed E-state index contributed by atoms with van der Waals surface area (Å²) in [6, 6.07) is 4.01. The number of ether oxygens (including phenoxy) is 1. The zero-order valence-electron chi connectivity index (χ0n) is 9.90. The Labute approximate surface area is 104 Å². The normalized spacial score (nSPS) is 9.89. The lowest BCUT2D eigenvalue weighted by molar-refractivity contribution is -0.136. The maximum absolute atomic E-state index is 13.4. The van der Waals surface area contributed by atoms with Crippen LogP contribution in [0.1, 0.15) is 23.7 Å². The molecule has 1 amide bonds. The first-order chi connectivity index (χ1) is 8.56. The second-order valence-electron chi connectivity index (χ2n) is 3.45. The third-order valence-electron chi connectivity index (χ3n) is 2.12. The number of nitrogens with one attached hydrogen (secondary N) is 1. The lowest BCUT2D eigenvalue weighted by Gasteiger charge is -2.10. The highest BCUT2D eigenvalue weighted by Gasteiger charge is 2.16. The molecule has 0 aliphatic carbocycles. The average molecular weight is 255 g/mol. The summed E-state index contributed by atoms with van der Waals surface area (Å²) in [4.78, 5) is 22.0. The van der Waals surface area contributed by atoms with Crippen LogP contribution in [0.2, 0.25) is 0 Å². The second-order valence-corrected chi connectivity index (χ2v) is 3.45. The van der Waals surface area contributed by atoms with Gasteiger partial charge >= 0.3 is 5.97 Å². The minimum Gasteiger partial charge on any atom is -0.490 e. The van der Waals surface area contributed by atoms with Crippen LogP contribution >= 0.6 is 0 Å². The Hall–Kier alpha value is -2.11. The topological polar surface area (TPSA) is 75.6 Å². The predicted molar refractivity (Wildman–Crippen MR) is 62.2 cm³/mol. The van der Waals surface area contributed by atoms with Crippen molar-refractivity contribution in [2.75, 3.05) is 13.2 Å². The number of para-hydroxylation sites is 1. The van der Waals surface area contributed by atoms with E-state index in [1.165, 1.54) is 18.2 Å². The van der Waals surface area contributed by atoms with Crippen molar-refractivity contribution in [1.29, 1.82) is 0 Å². The van der Waals surface area contributed by atoms with Crippen molar-refractivity contribution in [3.63, 3.8) is 0 Å². The summed E-state index contributed by atoms with van der Waals surface area (Å²) < 4.78 is 18.5. The number of amides is 1. The Morgan fingerprint density at radius 1 is 1.44 bits per heavy atom. The van der Waals surface area contributed by atoms with Gasteiger partial charge in [0.2, 0.25) is 0 Å². The fourth-order valence-electron chi connectivity index (χ4n) is 1.36. The van der Waals surface area contributed by atoms with Gasteiger partial charge in [-0.3, -0.25) is 9.59 Å². The van der Waals surface area contributed by atoms with E-state index in [2.05, 4.69) is 5.32 Å². The molecule has 0 bridgehead atoms. The van der Waals surface area contributed by atoms with Crippen molar-refractivity contribution in [3.05, 3.63) is 29.6 Å². The largest absolute Gasteiger partial charge is 0.490 e. The van der Waals surface area contributed by atoms with E-state index >= 15 is 0 Å². The number of carbonyl (C=O) groups excluding carboxylic acids is 1. The van der Waals surface area contributed by atoms with Gasteiger partial charge in [0.1, 0.15) is 0 Å². The molecule has 0 aliphatic heterocycles. The van der Waals surface area contributed by atoms with Gasteiger partial charge in [0, 0.05) is 6.54 Å². The third kappa shape index (κ3) is 3.73. The van der Waals surface area contributed by atoms with Crippen molar-refractivity contribution in [3.8, 4) is 5.75 Å². The summed E-state index contributed by atoms with van der Waals surface area (Å²) in [6.07, 6.45) is -0.189. The van der Waals surface area contributed by atoms with Gasteiger partial charge in [-0.05, 0) is 19.1 Å². The van der Waals surface area contributed by atoms with Gasteiger partial charge < -0.3 is 15.2 Å². The number of benzene rings is 1. The van der Waals surface area contributed by atoms with Crippen LogP contribution in [0.15, 0.2) is 18.2 Å². The molecule has 1 rings (SSSR count). The summed E-state index contributed by atoms with van der Waals surface area (Å²) in [6.45, 7) is 1.89. The lowest BCUT2D eigenvalue weighted by Crippen LogP contribution is -2.26. The average Bonchev–Trinajstić information content (AvgIpc) is 2.31. The zero-order valence-corrected chi connectivity index (χ0v) is 9.90. The van der Waals surface area contributed by atoms with Gasteiger partial charge in [0.05, 0.1) is 18.6 Å². The summed E-state index contributed by atoms with van der Waals surface area (Å²) in [5, 5.41) is 10.8. The van der Waals surface area contributed by atoms with Crippen molar-refractivity contribution in [2.24, 2.45) is 0 Å². The Morgan fingerprint density at radius 3 is 2.78 bits per heavy atom. The number of rotatable bonds is 6. The molecule has 6 heteroatoms. The van der Waals surface area contributed by atoms with E-state index in [4.69, 9.17) is 9.84 Å². The Balaban J connectivity index is 2.78. The standard InChI is InChI=1S/C12H14FNO4/c1-2-18-11-8(4-3-5-9(11)13)12(17)14-7-6-10(15)16/h3-5H,2,6-7H2,1H3,(H,14,17)(H,15,16). The van der Waals surface area contributed by atoms with Gasteiger partial charge in [0.25, 0.3) is 5.91 Å². The van der Waals surface area contributed by atoms with Crippen LogP contribution in [0.4, 0.5) is 4.39 Å². The van der Waals surface area contributed by atoms with E-state index in [0.29, 0.717) is 0 Å². The van der Waals surface area contributed by atoms with E-state index < -0.39 is 17.7 Å². The van der Waals surface area contributed by atoms with Crippen LogP contribution in [-0.2, 0) is 4.79 Å². The Morgan fingerprint density at radius 2 is 2.17 bits per heavy atom. The number of carboxylic acids is 1. The number of hydrogen-bond acceptors (Lipinski definition) is 3. The molecule has 2 N–H and O–H groups in total. The van der Waals surface area contributed by atoms with Crippen LogP contribution in [0.5, 0.6) is 5.75 Å². The smallest absolute Gasteiger partial charge is 0.305 e. The molecular weight excluding hydrogens is 241 g/mol. The molecule has 0 aromatic heterocycles. The molecule has 0 unspecified atom stereocenters. The zero-order chi connectivity index (χ0) is 13.5. The molecule has 18 heavy (non-hydrogen) atoms. The first-order valence-electron chi connectivity index (χ1n) is 5.47. The summed E-state index contributed by atoms with van der Waals surface area (Å²) in [5.41, 5.74) is 0.0576. The van der Waals surface area contributed by atoms with Crippen LogP contribution in [0, 0.1) is 5.82 Å². The van der Waals surface area contributed by atoms with Gasteiger partial charge in [-0.15, -0.1) is 0 Å². The lowest BCUT2D eigenvalue weighted by atomic mass is 10.1. The molecule has 5 nitrogen and oxygen atoms in total. The molecule has 1 aromatic carbocycles. The molecular formula is C12H14FNO4. The highest BCUT2D eigenvalue weighted by Crippen LogP contribution is 2.22. The van der Waals surface area contributed by atoms with Gasteiger partial charge in [-0.25, -0.2) is 4.39 Å². The number of carboxylic acid groups (broad SMARTS) is 1. The number of halogens is 1. The predicted octanol–water partition coefficient (Wildman–Crippen LogP) is 1.43. The van der Waals surface area contributed by atoms with Crippen LogP contribution in [0.25, 0.3) is 0 Å². The molecule has 0 aliphatic rings. The summed E-state index contributed by atoms with van der Waals surface area (Å²) >= 11 is 0. The summed E-state index contributed by atoms with van der Waals surface area (Å²) in [7, 11) is 0. The SMILES string of the molecule is CCOc1c(F)cccc1C(=O)NCCC(=O)O. The number of hydrogen-bond donors (Lipinski definition) is 2. The molecule has 0 saturated carbocycles. The minimum absolute atomic E-state index is 0.0176. The van der Waals surface area contributed by atoms with Gasteiger partial charge in [-0.1, -0.05) is 6.07 Å². The Kier molecular flexibility index (Phi) is 5.10. The molecule has 1 aromatic rings. The monoisotopic (exact) mass is 255 g/mol. The second kappa shape index (κ2) is 6.58. The van der Waals surface area contributed by atoms with E-state index in [-0.39, 0.29) is 30.9 Å². The molecule has 0 fully saturated rings. The van der Waals surface area contributed by atoms with Crippen molar-refractivity contribution in [1.82, 2.24) is 5.32 Å².